The summed E-state index contributed by atoms with van der Waals surface area (Å²) in [7, 11) is 0. The lowest BCUT2D eigenvalue weighted by molar-refractivity contribution is 0.0992. The van der Waals surface area contributed by atoms with Gasteiger partial charge in [-0.1, -0.05) is 11.6 Å². The van der Waals surface area contributed by atoms with E-state index in [2.05, 4.69) is 10.2 Å². The molecule has 1 fully saturated rings. The minimum Gasteiger partial charge on any atom is -0.314 e. The van der Waals surface area contributed by atoms with Crippen molar-refractivity contribution < 1.29 is 4.39 Å². The Balaban J connectivity index is 2.32. The lowest BCUT2D eigenvalue weighted by Crippen LogP contribution is -2.52. The second kappa shape index (κ2) is 4.92. The molecule has 0 atom stereocenters. The first-order chi connectivity index (χ1) is 8.01. The molecule has 1 aromatic rings. The van der Waals surface area contributed by atoms with Crippen molar-refractivity contribution in [2.75, 3.05) is 26.2 Å². The van der Waals surface area contributed by atoms with Crippen molar-refractivity contribution in [3.8, 4) is 0 Å². The molecule has 1 aromatic carbocycles. The van der Waals surface area contributed by atoms with Crippen LogP contribution in [0.2, 0.25) is 5.02 Å². The Morgan fingerprint density at radius 1 is 1.29 bits per heavy atom. The van der Waals surface area contributed by atoms with Crippen LogP contribution < -0.4 is 5.32 Å². The van der Waals surface area contributed by atoms with E-state index >= 15 is 0 Å². The zero-order chi connectivity index (χ0) is 12.5. The first-order valence-electron chi connectivity index (χ1n) is 5.93. The first-order valence-corrected chi connectivity index (χ1v) is 6.31. The fourth-order valence-corrected chi connectivity index (χ4v) is 2.53. The minimum atomic E-state index is -0.322. The van der Waals surface area contributed by atoms with Crippen molar-refractivity contribution in [2.45, 2.75) is 19.4 Å². The highest BCUT2D eigenvalue weighted by atomic mass is 35.5. The topological polar surface area (TPSA) is 15.3 Å². The van der Waals surface area contributed by atoms with Crippen LogP contribution in [0.15, 0.2) is 18.2 Å². The molecule has 0 spiro atoms. The highest BCUT2D eigenvalue weighted by Crippen LogP contribution is 2.31. The Morgan fingerprint density at radius 3 is 2.59 bits per heavy atom. The average molecular weight is 257 g/mol. The maximum Gasteiger partial charge on any atom is 0.128 e. The van der Waals surface area contributed by atoms with Crippen molar-refractivity contribution in [3.63, 3.8) is 0 Å². The van der Waals surface area contributed by atoms with E-state index in [1.165, 1.54) is 6.07 Å². The van der Waals surface area contributed by atoms with Crippen LogP contribution >= 0.6 is 11.6 Å². The molecule has 2 nitrogen and oxygen atoms in total. The lowest BCUT2D eigenvalue weighted by Gasteiger charge is -2.41. The van der Waals surface area contributed by atoms with E-state index < -0.39 is 0 Å². The minimum absolute atomic E-state index is 0.182. The summed E-state index contributed by atoms with van der Waals surface area (Å²) in [6.45, 7) is 7.86. The molecule has 0 unspecified atom stereocenters. The summed E-state index contributed by atoms with van der Waals surface area (Å²) >= 11 is 5.96. The molecule has 17 heavy (non-hydrogen) atoms. The molecule has 94 valence electrons. The molecule has 1 aliphatic heterocycles. The lowest BCUT2D eigenvalue weighted by atomic mass is 9.91. The van der Waals surface area contributed by atoms with Crippen LogP contribution in [0, 0.1) is 5.82 Å². The molecule has 1 aliphatic rings. The molecule has 0 aromatic heterocycles. The van der Waals surface area contributed by atoms with Gasteiger partial charge < -0.3 is 5.32 Å². The zero-order valence-corrected chi connectivity index (χ0v) is 11.0. The van der Waals surface area contributed by atoms with Crippen molar-refractivity contribution >= 4 is 11.6 Å². The van der Waals surface area contributed by atoms with Crippen molar-refractivity contribution in [3.05, 3.63) is 34.6 Å². The monoisotopic (exact) mass is 256 g/mol. The third-order valence-electron chi connectivity index (χ3n) is 3.50. The van der Waals surface area contributed by atoms with Gasteiger partial charge in [0.15, 0.2) is 0 Å². The summed E-state index contributed by atoms with van der Waals surface area (Å²) in [4.78, 5) is 2.29. The number of hydrogen-bond acceptors (Lipinski definition) is 2. The van der Waals surface area contributed by atoms with Gasteiger partial charge in [0.05, 0.1) is 0 Å². The predicted octanol–water partition coefficient (Wildman–Crippen LogP) is 2.62. The zero-order valence-electron chi connectivity index (χ0n) is 10.3. The molecule has 0 saturated carbocycles. The van der Waals surface area contributed by atoms with Crippen LogP contribution in [0.5, 0.6) is 0 Å². The van der Waals surface area contributed by atoms with Gasteiger partial charge in [-0.15, -0.1) is 0 Å². The van der Waals surface area contributed by atoms with Gasteiger partial charge in [0, 0.05) is 42.3 Å². The Hall–Kier alpha value is -0.640. The third-order valence-corrected chi connectivity index (χ3v) is 3.73. The third kappa shape index (κ3) is 2.62. The molecule has 1 heterocycles. The number of benzene rings is 1. The average Bonchev–Trinajstić information content (AvgIpc) is 2.33. The highest BCUT2D eigenvalue weighted by Gasteiger charge is 2.32. The molecule has 4 heteroatoms. The van der Waals surface area contributed by atoms with Gasteiger partial charge in [0.1, 0.15) is 5.82 Å². The molecule has 0 bridgehead atoms. The summed E-state index contributed by atoms with van der Waals surface area (Å²) in [5.74, 6) is -0.182. The molecule has 0 radical (unpaired) electrons. The van der Waals surface area contributed by atoms with Crippen molar-refractivity contribution in [1.82, 2.24) is 10.2 Å². The molecular formula is C13H18ClFN2. The quantitative estimate of drug-likeness (QED) is 0.875. The Bertz CT molecular complexity index is 400. The number of nitrogens with zero attached hydrogens (tertiary/aromatic N) is 1. The SMILES string of the molecule is CC(C)(c1cc(Cl)ccc1F)N1CCNCC1. The summed E-state index contributed by atoms with van der Waals surface area (Å²) < 4.78 is 13.9. The van der Waals surface area contributed by atoms with Gasteiger partial charge in [-0.05, 0) is 32.0 Å². The Kier molecular flexibility index (Phi) is 3.71. The normalized spacial score (nSPS) is 18.4. The fraction of sp³-hybridized carbons (Fsp3) is 0.538. The Morgan fingerprint density at radius 2 is 1.94 bits per heavy atom. The van der Waals surface area contributed by atoms with Gasteiger partial charge in [0.25, 0.3) is 0 Å². The van der Waals surface area contributed by atoms with Gasteiger partial charge >= 0.3 is 0 Å². The molecule has 0 aliphatic carbocycles. The van der Waals surface area contributed by atoms with E-state index in [4.69, 9.17) is 11.6 Å². The van der Waals surface area contributed by atoms with Gasteiger partial charge in [-0.2, -0.15) is 0 Å². The van der Waals surface area contributed by atoms with Crippen LogP contribution in [0.4, 0.5) is 4.39 Å². The van der Waals surface area contributed by atoms with Crippen LogP contribution in [-0.2, 0) is 5.54 Å². The largest absolute Gasteiger partial charge is 0.314 e. The first kappa shape index (κ1) is 12.8. The van der Waals surface area contributed by atoms with Crippen LogP contribution in [0.1, 0.15) is 19.4 Å². The molecule has 1 N–H and O–H groups in total. The second-order valence-corrected chi connectivity index (χ2v) is 5.36. The van der Waals surface area contributed by atoms with Gasteiger partial charge in [-0.3, -0.25) is 4.90 Å². The van der Waals surface area contributed by atoms with E-state index in [1.54, 1.807) is 12.1 Å². The van der Waals surface area contributed by atoms with Crippen LogP contribution in [0.3, 0.4) is 0 Å². The molecule has 0 amide bonds. The number of hydrogen-bond donors (Lipinski definition) is 1. The number of halogens is 2. The predicted molar refractivity (Wildman–Crippen MR) is 68.9 cm³/mol. The molecule has 1 saturated heterocycles. The smallest absolute Gasteiger partial charge is 0.128 e. The van der Waals surface area contributed by atoms with E-state index in [0.29, 0.717) is 10.6 Å². The van der Waals surface area contributed by atoms with Crippen molar-refractivity contribution in [2.24, 2.45) is 0 Å². The number of rotatable bonds is 2. The van der Waals surface area contributed by atoms with E-state index in [1.807, 2.05) is 13.8 Å². The highest BCUT2D eigenvalue weighted by molar-refractivity contribution is 6.30. The maximum absolute atomic E-state index is 13.9. The molecule has 2 rings (SSSR count). The maximum atomic E-state index is 13.9. The van der Waals surface area contributed by atoms with Crippen LogP contribution in [0.25, 0.3) is 0 Å². The summed E-state index contributed by atoms with van der Waals surface area (Å²) in [6.07, 6.45) is 0. The standard InChI is InChI=1S/C13H18ClFN2/c1-13(2,17-7-5-16-6-8-17)11-9-10(14)3-4-12(11)15/h3-4,9,16H,5-8H2,1-2H3. The van der Waals surface area contributed by atoms with Crippen molar-refractivity contribution in [1.29, 1.82) is 0 Å². The number of piperazine rings is 1. The Labute approximate surface area is 107 Å². The number of nitrogens with one attached hydrogen (secondary N) is 1. The van der Waals surface area contributed by atoms with Gasteiger partial charge in [0.2, 0.25) is 0 Å². The van der Waals surface area contributed by atoms with E-state index in [9.17, 15) is 4.39 Å². The summed E-state index contributed by atoms with van der Waals surface area (Å²) in [5, 5.41) is 3.89. The fourth-order valence-electron chi connectivity index (χ4n) is 2.36. The van der Waals surface area contributed by atoms with Crippen LogP contribution in [-0.4, -0.2) is 31.1 Å². The summed E-state index contributed by atoms with van der Waals surface area (Å²) in [5.41, 5.74) is 0.351. The van der Waals surface area contributed by atoms with Gasteiger partial charge in [-0.25, -0.2) is 4.39 Å². The van der Waals surface area contributed by atoms with E-state index in [0.717, 1.165) is 26.2 Å². The van der Waals surface area contributed by atoms with E-state index in [-0.39, 0.29) is 11.4 Å². The summed E-state index contributed by atoms with van der Waals surface area (Å²) in [6, 6.07) is 4.77. The second-order valence-electron chi connectivity index (χ2n) is 4.92. The molecular weight excluding hydrogens is 239 g/mol.